The minimum atomic E-state index is -0.402. The highest BCUT2D eigenvalue weighted by atomic mass is 16.7. The first-order valence-corrected chi connectivity index (χ1v) is 11.6. The number of aliphatic imine (C=N–C) groups is 1. The second kappa shape index (κ2) is 7.73. The number of benzene rings is 2. The molecular formula is C25H28N4O3. The van der Waals surface area contributed by atoms with Crippen LogP contribution in [0.4, 0.5) is 11.4 Å². The molecule has 1 spiro atoms. The molecular weight excluding hydrogens is 404 g/mol. The normalized spacial score (nSPS) is 25.5. The quantitative estimate of drug-likeness (QED) is 0.741. The molecule has 1 amide bonds. The number of nitrogens with zero attached hydrogens (tertiary/aromatic N) is 2. The Morgan fingerprint density at radius 2 is 1.84 bits per heavy atom. The van der Waals surface area contributed by atoms with Crippen LogP contribution in [0.25, 0.3) is 0 Å². The van der Waals surface area contributed by atoms with Crippen molar-refractivity contribution in [2.45, 2.75) is 50.1 Å². The van der Waals surface area contributed by atoms with E-state index in [0.717, 1.165) is 49.4 Å². The van der Waals surface area contributed by atoms with Crippen molar-refractivity contribution in [1.29, 1.82) is 0 Å². The summed E-state index contributed by atoms with van der Waals surface area (Å²) < 4.78 is 10.9. The smallest absolute Gasteiger partial charge is 0.254 e. The fourth-order valence-electron chi connectivity index (χ4n) is 5.37. The molecule has 0 radical (unpaired) electrons. The van der Waals surface area contributed by atoms with Crippen molar-refractivity contribution in [3.8, 4) is 11.5 Å². The first-order chi connectivity index (χ1) is 15.7. The van der Waals surface area contributed by atoms with Crippen molar-refractivity contribution in [2.75, 3.05) is 30.5 Å². The number of amidine groups is 1. The number of hydrogen-bond donors (Lipinski definition) is 2. The van der Waals surface area contributed by atoms with Crippen LogP contribution in [-0.2, 0) is 0 Å². The van der Waals surface area contributed by atoms with Gasteiger partial charge in [-0.25, -0.2) is 0 Å². The maximum Gasteiger partial charge on any atom is 0.254 e. The zero-order valence-corrected chi connectivity index (χ0v) is 18.1. The van der Waals surface area contributed by atoms with Crippen LogP contribution < -0.4 is 20.1 Å². The predicted octanol–water partition coefficient (Wildman–Crippen LogP) is 4.27. The van der Waals surface area contributed by atoms with E-state index in [1.165, 1.54) is 12.8 Å². The number of amides is 1. The minimum Gasteiger partial charge on any atom is -0.454 e. The van der Waals surface area contributed by atoms with E-state index >= 15 is 0 Å². The zero-order chi connectivity index (χ0) is 21.5. The van der Waals surface area contributed by atoms with Gasteiger partial charge in [-0.3, -0.25) is 9.79 Å². The summed E-state index contributed by atoms with van der Waals surface area (Å²) in [5, 5.41) is 7.41. The molecule has 1 aliphatic carbocycles. The van der Waals surface area contributed by atoms with Crippen LogP contribution in [0.5, 0.6) is 11.5 Å². The van der Waals surface area contributed by atoms with E-state index in [2.05, 4.69) is 22.8 Å². The summed E-state index contributed by atoms with van der Waals surface area (Å²) in [7, 11) is 0. The van der Waals surface area contributed by atoms with E-state index in [4.69, 9.17) is 14.5 Å². The summed E-state index contributed by atoms with van der Waals surface area (Å²) >= 11 is 0. The van der Waals surface area contributed by atoms with Gasteiger partial charge in [0.2, 0.25) is 6.79 Å². The SMILES string of the molecule is O=C(c1ccc2c(c1)OCO2)N1CCCC2(C1)Nc1ccccc1NC2=NC1CCCC1. The Hall–Kier alpha value is -3.22. The molecule has 166 valence electrons. The van der Waals surface area contributed by atoms with Crippen LogP contribution in [0.2, 0.25) is 0 Å². The largest absolute Gasteiger partial charge is 0.454 e. The molecule has 0 bridgehead atoms. The lowest BCUT2D eigenvalue weighted by atomic mass is 9.84. The molecule has 3 heterocycles. The Balaban J connectivity index is 1.32. The molecule has 1 unspecified atom stereocenters. The number of likely N-dealkylation sites (tertiary alicyclic amines) is 1. The van der Waals surface area contributed by atoms with Gasteiger partial charge >= 0.3 is 0 Å². The van der Waals surface area contributed by atoms with Crippen molar-refractivity contribution in [2.24, 2.45) is 4.99 Å². The number of para-hydroxylation sites is 2. The number of carbonyl (C=O) groups is 1. The van der Waals surface area contributed by atoms with E-state index in [1.807, 2.05) is 29.2 Å². The molecule has 1 saturated carbocycles. The van der Waals surface area contributed by atoms with Crippen LogP contribution >= 0.6 is 0 Å². The summed E-state index contributed by atoms with van der Waals surface area (Å²) in [5.74, 6) is 2.32. The van der Waals surface area contributed by atoms with Gasteiger partial charge in [-0.05, 0) is 56.0 Å². The highest BCUT2D eigenvalue weighted by molar-refractivity contribution is 6.10. The van der Waals surface area contributed by atoms with Gasteiger partial charge in [0.1, 0.15) is 11.4 Å². The lowest BCUT2D eigenvalue weighted by Gasteiger charge is -2.47. The molecule has 2 N–H and O–H groups in total. The molecule has 3 aliphatic heterocycles. The average molecular weight is 433 g/mol. The Kier molecular flexibility index (Phi) is 4.70. The molecule has 7 nitrogen and oxygen atoms in total. The number of carbonyl (C=O) groups excluding carboxylic acids is 1. The zero-order valence-electron chi connectivity index (χ0n) is 18.1. The van der Waals surface area contributed by atoms with E-state index in [9.17, 15) is 4.79 Å². The Morgan fingerprint density at radius 3 is 2.72 bits per heavy atom. The molecule has 2 aromatic carbocycles. The summed E-state index contributed by atoms with van der Waals surface area (Å²) in [6.07, 6.45) is 6.62. The second-order valence-corrected chi connectivity index (χ2v) is 9.19. The third-order valence-electron chi connectivity index (χ3n) is 7.04. The van der Waals surface area contributed by atoms with E-state index < -0.39 is 5.54 Å². The molecule has 7 heteroatoms. The maximum atomic E-state index is 13.5. The van der Waals surface area contributed by atoms with Crippen molar-refractivity contribution in [3.63, 3.8) is 0 Å². The predicted molar refractivity (Wildman–Crippen MR) is 124 cm³/mol. The van der Waals surface area contributed by atoms with Gasteiger partial charge < -0.3 is 25.0 Å². The van der Waals surface area contributed by atoms with Crippen LogP contribution in [0, 0.1) is 0 Å². The summed E-state index contributed by atoms with van der Waals surface area (Å²) in [6.45, 7) is 1.51. The Bertz CT molecular complexity index is 1080. The molecule has 1 saturated heterocycles. The van der Waals surface area contributed by atoms with Crippen molar-refractivity contribution in [3.05, 3.63) is 48.0 Å². The number of nitrogens with one attached hydrogen (secondary N) is 2. The van der Waals surface area contributed by atoms with Gasteiger partial charge in [0, 0.05) is 12.1 Å². The van der Waals surface area contributed by atoms with Crippen molar-refractivity contribution < 1.29 is 14.3 Å². The number of anilines is 2. The summed E-state index contributed by atoms with van der Waals surface area (Å²) in [4.78, 5) is 20.6. The molecule has 6 rings (SSSR count). The van der Waals surface area contributed by atoms with Crippen molar-refractivity contribution >= 4 is 23.1 Å². The second-order valence-electron chi connectivity index (χ2n) is 9.19. The van der Waals surface area contributed by atoms with Gasteiger partial charge in [0.05, 0.1) is 24.0 Å². The summed E-state index contributed by atoms with van der Waals surface area (Å²) in [5.41, 5.74) is 2.34. The maximum absolute atomic E-state index is 13.5. The fourth-order valence-corrected chi connectivity index (χ4v) is 5.37. The molecule has 2 aromatic rings. The van der Waals surface area contributed by atoms with Gasteiger partial charge in [0.25, 0.3) is 5.91 Å². The first kappa shape index (κ1) is 19.5. The van der Waals surface area contributed by atoms with Crippen molar-refractivity contribution in [1.82, 2.24) is 4.90 Å². The number of fused-ring (bicyclic) bond motifs is 2. The van der Waals surface area contributed by atoms with Gasteiger partial charge in [-0.2, -0.15) is 0 Å². The number of piperidine rings is 1. The lowest BCUT2D eigenvalue weighted by molar-refractivity contribution is 0.0694. The van der Waals surface area contributed by atoms with Gasteiger partial charge in [-0.1, -0.05) is 25.0 Å². The first-order valence-electron chi connectivity index (χ1n) is 11.6. The summed E-state index contributed by atoms with van der Waals surface area (Å²) in [6, 6.07) is 14.1. The highest BCUT2D eigenvalue weighted by Crippen LogP contribution is 2.38. The van der Waals surface area contributed by atoms with Crippen LogP contribution in [-0.4, -0.2) is 48.1 Å². The molecule has 1 atom stereocenters. The topological polar surface area (TPSA) is 75.2 Å². The minimum absolute atomic E-state index is 0.0169. The van der Waals surface area contributed by atoms with E-state index in [-0.39, 0.29) is 12.7 Å². The van der Waals surface area contributed by atoms with Gasteiger partial charge in [-0.15, -0.1) is 0 Å². The van der Waals surface area contributed by atoms with E-state index in [1.54, 1.807) is 6.07 Å². The number of rotatable bonds is 2. The monoisotopic (exact) mass is 432 g/mol. The standard InChI is InChI=1S/C25H28N4O3/c30-23(17-10-11-21-22(14-17)32-16-31-21)29-13-5-12-25(15-29)24(26-18-6-1-2-7-18)27-19-8-3-4-9-20(19)28-25/h3-4,8-11,14,18,28H,1-2,5-7,12-13,15-16H2,(H,26,27). The average Bonchev–Trinajstić information content (AvgIpc) is 3.50. The van der Waals surface area contributed by atoms with Crippen LogP contribution in [0.15, 0.2) is 47.5 Å². The molecule has 2 fully saturated rings. The number of ether oxygens (including phenoxy) is 2. The van der Waals surface area contributed by atoms with Crippen LogP contribution in [0.3, 0.4) is 0 Å². The number of hydrogen-bond acceptors (Lipinski definition) is 5. The Morgan fingerprint density at radius 1 is 1.03 bits per heavy atom. The molecule has 0 aromatic heterocycles. The third-order valence-corrected chi connectivity index (χ3v) is 7.04. The highest BCUT2D eigenvalue weighted by Gasteiger charge is 2.45. The lowest BCUT2D eigenvalue weighted by Crippen LogP contribution is -2.62. The van der Waals surface area contributed by atoms with Gasteiger partial charge in [0.15, 0.2) is 11.5 Å². The molecule has 32 heavy (non-hydrogen) atoms. The fraction of sp³-hybridized carbons (Fsp3) is 0.440. The van der Waals surface area contributed by atoms with Crippen LogP contribution in [0.1, 0.15) is 48.9 Å². The molecule has 4 aliphatic rings. The van der Waals surface area contributed by atoms with E-state index in [0.29, 0.717) is 29.6 Å². The Labute approximate surface area is 187 Å². The third kappa shape index (κ3) is 3.36.